The van der Waals surface area contributed by atoms with Gasteiger partial charge in [-0.1, -0.05) is 0 Å². The Morgan fingerprint density at radius 3 is 2.44 bits per heavy atom. The number of hydrogen-bond acceptors (Lipinski definition) is 4. The van der Waals surface area contributed by atoms with Gasteiger partial charge in [0.25, 0.3) is 0 Å². The number of nitrogens with one attached hydrogen (secondary N) is 2. The Balaban J connectivity index is 2.15. The Morgan fingerprint density at radius 2 is 1.89 bits per heavy atom. The van der Waals surface area contributed by atoms with Crippen LogP contribution >= 0.6 is 0 Å². The van der Waals surface area contributed by atoms with Crippen molar-refractivity contribution in [2.45, 2.75) is 38.8 Å². The molecule has 1 aliphatic heterocycles. The third kappa shape index (κ3) is 5.97. The summed E-state index contributed by atoms with van der Waals surface area (Å²) in [6.45, 7) is 5.87. The first-order valence-corrected chi connectivity index (χ1v) is 6.51. The van der Waals surface area contributed by atoms with E-state index >= 15 is 0 Å². The Morgan fingerprint density at radius 1 is 1.28 bits per heavy atom. The molecule has 0 saturated carbocycles. The molecule has 1 saturated heterocycles. The largest absolute Gasteiger partial charge is 0.352 e. The van der Waals surface area contributed by atoms with Crippen LogP contribution in [-0.2, 0) is 9.59 Å². The molecule has 2 amide bonds. The quantitative estimate of drug-likeness (QED) is 0.592. The fourth-order valence-electron chi connectivity index (χ4n) is 1.92. The standard InChI is InChI=1S/C12H24N4O2/c1-9(2)15-11(17)7-14-12(18)8-16-5-3-10(13)4-6-16/h9-10H,3-8,13H2,1-2H3,(H,14,18)(H,15,17). The molecular formula is C12H24N4O2. The van der Waals surface area contributed by atoms with E-state index in [1.54, 1.807) is 0 Å². The van der Waals surface area contributed by atoms with E-state index in [0.29, 0.717) is 6.54 Å². The number of piperidine rings is 1. The smallest absolute Gasteiger partial charge is 0.239 e. The Hall–Kier alpha value is -1.14. The number of likely N-dealkylation sites (tertiary alicyclic amines) is 1. The van der Waals surface area contributed by atoms with Crippen LogP contribution in [0.15, 0.2) is 0 Å². The van der Waals surface area contributed by atoms with Crippen LogP contribution in [0.4, 0.5) is 0 Å². The van der Waals surface area contributed by atoms with E-state index in [9.17, 15) is 9.59 Å². The van der Waals surface area contributed by atoms with Gasteiger partial charge in [0.05, 0.1) is 13.1 Å². The summed E-state index contributed by atoms with van der Waals surface area (Å²) in [7, 11) is 0. The predicted octanol–water partition coefficient (Wildman–Crippen LogP) is -0.950. The second-order valence-electron chi connectivity index (χ2n) is 5.11. The van der Waals surface area contributed by atoms with E-state index in [4.69, 9.17) is 5.73 Å². The van der Waals surface area contributed by atoms with Crippen LogP contribution < -0.4 is 16.4 Å². The first-order chi connectivity index (χ1) is 8.47. The molecule has 4 N–H and O–H groups in total. The highest BCUT2D eigenvalue weighted by molar-refractivity contribution is 5.85. The SMILES string of the molecule is CC(C)NC(=O)CNC(=O)CN1CCC(N)CC1. The second kappa shape index (κ2) is 7.33. The molecule has 0 bridgehead atoms. The first kappa shape index (κ1) is 14.9. The Labute approximate surface area is 108 Å². The highest BCUT2D eigenvalue weighted by Crippen LogP contribution is 2.06. The van der Waals surface area contributed by atoms with Crippen LogP contribution in [0.1, 0.15) is 26.7 Å². The topological polar surface area (TPSA) is 87.5 Å². The van der Waals surface area contributed by atoms with Crippen molar-refractivity contribution in [2.75, 3.05) is 26.2 Å². The van der Waals surface area contributed by atoms with E-state index in [2.05, 4.69) is 15.5 Å². The van der Waals surface area contributed by atoms with Gasteiger partial charge >= 0.3 is 0 Å². The van der Waals surface area contributed by atoms with Crippen molar-refractivity contribution in [3.63, 3.8) is 0 Å². The van der Waals surface area contributed by atoms with Crippen LogP contribution in [0, 0.1) is 0 Å². The average molecular weight is 256 g/mol. The van der Waals surface area contributed by atoms with Crippen molar-refractivity contribution in [3.8, 4) is 0 Å². The van der Waals surface area contributed by atoms with Crippen molar-refractivity contribution in [3.05, 3.63) is 0 Å². The highest BCUT2D eigenvalue weighted by atomic mass is 16.2. The van der Waals surface area contributed by atoms with E-state index in [1.165, 1.54) is 0 Å². The van der Waals surface area contributed by atoms with Crippen molar-refractivity contribution < 1.29 is 9.59 Å². The minimum Gasteiger partial charge on any atom is -0.352 e. The average Bonchev–Trinajstić information content (AvgIpc) is 2.29. The number of nitrogens with zero attached hydrogens (tertiary/aromatic N) is 1. The second-order valence-corrected chi connectivity index (χ2v) is 5.11. The van der Waals surface area contributed by atoms with E-state index in [1.807, 2.05) is 13.8 Å². The molecule has 1 aliphatic rings. The highest BCUT2D eigenvalue weighted by Gasteiger charge is 2.18. The molecule has 1 heterocycles. The van der Waals surface area contributed by atoms with Gasteiger partial charge in [0.1, 0.15) is 0 Å². The molecule has 104 valence electrons. The van der Waals surface area contributed by atoms with E-state index in [-0.39, 0.29) is 30.4 Å². The summed E-state index contributed by atoms with van der Waals surface area (Å²) in [6, 6.07) is 0.360. The van der Waals surface area contributed by atoms with Gasteiger partial charge in [0.2, 0.25) is 11.8 Å². The fourth-order valence-corrected chi connectivity index (χ4v) is 1.92. The molecule has 6 nitrogen and oxygen atoms in total. The minimum atomic E-state index is -0.154. The third-order valence-corrected chi connectivity index (χ3v) is 2.90. The first-order valence-electron chi connectivity index (χ1n) is 6.51. The monoisotopic (exact) mass is 256 g/mol. The van der Waals surface area contributed by atoms with Gasteiger partial charge in [0, 0.05) is 25.2 Å². The molecule has 0 aromatic heterocycles. The lowest BCUT2D eigenvalue weighted by Crippen LogP contribution is -2.46. The molecule has 1 rings (SSSR count). The van der Waals surface area contributed by atoms with Crippen LogP contribution in [0.2, 0.25) is 0 Å². The van der Waals surface area contributed by atoms with Gasteiger partial charge in [-0.05, 0) is 26.7 Å². The van der Waals surface area contributed by atoms with Crippen molar-refractivity contribution in [1.82, 2.24) is 15.5 Å². The normalized spacial score (nSPS) is 17.8. The van der Waals surface area contributed by atoms with Gasteiger partial charge in [-0.15, -0.1) is 0 Å². The van der Waals surface area contributed by atoms with Crippen LogP contribution in [0.5, 0.6) is 0 Å². The summed E-state index contributed by atoms with van der Waals surface area (Å²) in [5.41, 5.74) is 5.79. The molecule has 0 radical (unpaired) electrons. The minimum absolute atomic E-state index is 0.0460. The van der Waals surface area contributed by atoms with Crippen molar-refractivity contribution in [2.24, 2.45) is 5.73 Å². The number of carbonyl (C=O) groups is 2. The van der Waals surface area contributed by atoms with E-state index < -0.39 is 0 Å². The van der Waals surface area contributed by atoms with Gasteiger partial charge < -0.3 is 16.4 Å². The maximum absolute atomic E-state index is 11.6. The molecule has 1 fully saturated rings. The van der Waals surface area contributed by atoms with Crippen LogP contribution in [-0.4, -0.2) is 55.0 Å². The number of nitrogens with two attached hydrogens (primary N) is 1. The Bertz CT molecular complexity index is 286. The lowest BCUT2D eigenvalue weighted by Gasteiger charge is -2.29. The molecule has 0 atom stereocenters. The van der Waals surface area contributed by atoms with E-state index in [0.717, 1.165) is 25.9 Å². The summed E-state index contributed by atoms with van der Waals surface area (Å²) in [5, 5.41) is 5.35. The number of amides is 2. The van der Waals surface area contributed by atoms with Gasteiger partial charge in [-0.25, -0.2) is 0 Å². The predicted molar refractivity (Wildman–Crippen MR) is 69.9 cm³/mol. The lowest BCUT2D eigenvalue weighted by atomic mass is 10.1. The molecule has 6 heteroatoms. The lowest BCUT2D eigenvalue weighted by molar-refractivity contribution is -0.127. The third-order valence-electron chi connectivity index (χ3n) is 2.90. The summed E-state index contributed by atoms with van der Waals surface area (Å²) in [4.78, 5) is 25.0. The summed E-state index contributed by atoms with van der Waals surface area (Å²) < 4.78 is 0. The summed E-state index contributed by atoms with van der Waals surface area (Å²) >= 11 is 0. The zero-order valence-corrected chi connectivity index (χ0v) is 11.2. The van der Waals surface area contributed by atoms with Gasteiger partial charge in [-0.2, -0.15) is 0 Å². The maximum Gasteiger partial charge on any atom is 0.239 e. The van der Waals surface area contributed by atoms with Crippen molar-refractivity contribution in [1.29, 1.82) is 0 Å². The zero-order valence-electron chi connectivity index (χ0n) is 11.2. The van der Waals surface area contributed by atoms with Gasteiger partial charge in [0.15, 0.2) is 0 Å². The molecule has 0 spiro atoms. The number of carbonyl (C=O) groups excluding carboxylic acids is 2. The molecule has 0 unspecified atom stereocenters. The summed E-state index contributed by atoms with van der Waals surface area (Å²) in [5.74, 6) is -0.261. The number of rotatable bonds is 5. The fraction of sp³-hybridized carbons (Fsp3) is 0.833. The van der Waals surface area contributed by atoms with Crippen LogP contribution in [0.25, 0.3) is 0 Å². The molecular weight excluding hydrogens is 232 g/mol. The zero-order chi connectivity index (χ0) is 13.5. The molecule has 0 aromatic rings. The molecule has 0 aromatic carbocycles. The number of hydrogen-bond donors (Lipinski definition) is 3. The molecule has 18 heavy (non-hydrogen) atoms. The van der Waals surface area contributed by atoms with Crippen molar-refractivity contribution >= 4 is 11.8 Å². The Kier molecular flexibility index (Phi) is 6.07. The van der Waals surface area contributed by atoms with Gasteiger partial charge in [-0.3, -0.25) is 14.5 Å². The van der Waals surface area contributed by atoms with Crippen LogP contribution in [0.3, 0.4) is 0 Å². The maximum atomic E-state index is 11.6. The summed E-state index contributed by atoms with van der Waals surface area (Å²) in [6.07, 6.45) is 1.86. The molecule has 0 aliphatic carbocycles.